The smallest absolute Gasteiger partial charge is 0.284 e. The summed E-state index contributed by atoms with van der Waals surface area (Å²) in [7, 11) is 0. The molecule has 0 aliphatic carbocycles. The maximum atomic E-state index is 13.4. The van der Waals surface area contributed by atoms with Crippen molar-refractivity contribution in [2.24, 2.45) is 5.10 Å². The Morgan fingerprint density at radius 3 is 2.84 bits per heavy atom. The minimum absolute atomic E-state index is 0.0606. The second-order valence-corrected chi connectivity index (χ2v) is 5.41. The molecule has 1 atom stereocenters. The number of nitrogens with one attached hydrogen (secondary N) is 1. The fourth-order valence-electron chi connectivity index (χ4n) is 2.41. The fourth-order valence-corrected chi connectivity index (χ4v) is 2.41. The highest BCUT2D eigenvalue weighted by atomic mass is 19.1. The number of para-hydroxylation sites is 2. The fraction of sp³-hybridized carbons (Fsp3) is 0.222. The molecule has 2 N–H and O–H groups in total. The molecule has 2 aromatic rings. The molecule has 0 bridgehead atoms. The lowest BCUT2D eigenvalue weighted by Crippen LogP contribution is -2.42. The maximum Gasteiger partial charge on any atom is 0.284 e. The number of hydrogen-bond donors (Lipinski definition) is 2. The van der Waals surface area contributed by atoms with Gasteiger partial charge in [0, 0.05) is 5.56 Å². The molecule has 7 heteroatoms. The van der Waals surface area contributed by atoms with Gasteiger partial charge in [-0.15, -0.1) is 0 Å². The predicted octanol–water partition coefficient (Wildman–Crippen LogP) is 2.60. The van der Waals surface area contributed by atoms with Crippen LogP contribution in [-0.2, 0) is 4.79 Å². The van der Waals surface area contributed by atoms with Crippen LogP contribution in [0.2, 0.25) is 0 Å². The van der Waals surface area contributed by atoms with E-state index in [1.165, 1.54) is 12.1 Å². The van der Waals surface area contributed by atoms with Crippen LogP contribution in [0.25, 0.3) is 0 Å². The van der Waals surface area contributed by atoms with Crippen molar-refractivity contribution in [1.82, 2.24) is 5.43 Å². The number of benzene rings is 2. The van der Waals surface area contributed by atoms with Gasteiger partial charge in [-0.1, -0.05) is 19.1 Å². The van der Waals surface area contributed by atoms with Crippen LogP contribution in [0.4, 0.5) is 4.39 Å². The van der Waals surface area contributed by atoms with E-state index in [9.17, 15) is 14.3 Å². The maximum absolute atomic E-state index is 13.4. The molecule has 2 aromatic carbocycles. The molecule has 130 valence electrons. The standard InChI is InChI=1S/C18H17FN2O4/c1-2-13(12-9-11(19)7-8-14(12)22)20-21-18(23)17-10-24-15-5-3-4-6-16(15)25-17/h3-9,17,22H,2,10H2,1H3,(H,21,23)/b20-13+. The average molecular weight is 344 g/mol. The largest absolute Gasteiger partial charge is 0.507 e. The van der Waals surface area contributed by atoms with Crippen molar-refractivity contribution in [1.29, 1.82) is 0 Å². The van der Waals surface area contributed by atoms with Crippen LogP contribution in [0.1, 0.15) is 18.9 Å². The van der Waals surface area contributed by atoms with Gasteiger partial charge in [0.25, 0.3) is 5.91 Å². The first-order valence-corrected chi connectivity index (χ1v) is 7.82. The highest BCUT2D eigenvalue weighted by Crippen LogP contribution is 2.30. The van der Waals surface area contributed by atoms with Gasteiger partial charge in [-0.2, -0.15) is 5.10 Å². The van der Waals surface area contributed by atoms with Crippen LogP contribution >= 0.6 is 0 Å². The van der Waals surface area contributed by atoms with E-state index in [1.54, 1.807) is 25.1 Å². The molecule has 0 fully saturated rings. The van der Waals surface area contributed by atoms with Crippen molar-refractivity contribution < 1.29 is 23.8 Å². The van der Waals surface area contributed by atoms with Crippen LogP contribution in [0.3, 0.4) is 0 Å². The second kappa shape index (κ2) is 7.21. The van der Waals surface area contributed by atoms with E-state index in [1.807, 2.05) is 6.07 Å². The summed E-state index contributed by atoms with van der Waals surface area (Å²) in [5, 5.41) is 13.9. The highest BCUT2D eigenvalue weighted by Gasteiger charge is 2.27. The summed E-state index contributed by atoms with van der Waals surface area (Å²) in [6, 6.07) is 10.6. The second-order valence-electron chi connectivity index (χ2n) is 5.41. The van der Waals surface area contributed by atoms with Gasteiger partial charge in [0.2, 0.25) is 6.10 Å². The van der Waals surface area contributed by atoms with Crippen molar-refractivity contribution in [3.63, 3.8) is 0 Å². The predicted molar refractivity (Wildman–Crippen MR) is 89.4 cm³/mol. The number of ether oxygens (including phenoxy) is 2. The molecular weight excluding hydrogens is 327 g/mol. The Labute approximate surface area is 143 Å². The number of carbonyl (C=O) groups excluding carboxylic acids is 1. The Bertz CT molecular complexity index is 822. The molecular formula is C18H17FN2O4. The topological polar surface area (TPSA) is 80.2 Å². The van der Waals surface area contributed by atoms with Crippen molar-refractivity contribution in [3.8, 4) is 17.2 Å². The Kier molecular flexibility index (Phi) is 4.83. The van der Waals surface area contributed by atoms with Gasteiger partial charge in [0.05, 0.1) is 5.71 Å². The minimum Gasteiger partial charge on any atom is -0.507 e. The third-order valence-corrected chi connectivity index (χ3v) is 3.71. The third-order valence-electron chi connectivity index (χ3n) is 3.71. The molecule has 0 radical (unpaired) electrons. The van der Waals surface area contributed by atoms with Crippen LogP contribution in [0, 0.1) is 5.82 Å². The lowest BCUT2D eigenvalue weighted by atomic mass is 10.1. The Morgan fingerprint density at radius 1 is 1.32 bits per heavy atom. The SMILES string of the molecule is CC/C(=N\NC(=O)C1COc2ccccc2O1)c1cc(F)ccc1O. The summed E-state index contributed by atoms with van der Waals surface area (Å²) < 4.78 is 24.5. The van der Waals surface area contributed by atoms with E-state index in [-0.39, 0.29) is 17.9 Å². The van der Waals surface area contributed by atoms with E-state index < -0.39 is 17.8 Å². The zero-order valence-corrected chi connectivity index (χ0v) is 13.5. The van der Waals surface area contributed by atoms with Gasteiger partial charge in [-0.25, -0.2) is 9.82 Å². The molecule has 25 heavy (non-hydrogen) atoms. The normalized spacial score (nSPS) is 16.4. The molecule has 1 amide bonds. The number of phenols is 1. The number of amides is 1. The Balaban J connectivity index is 1.72. The molecule has 6 nitrogen and oxygen atoms in total. The quantitative estimate of drug-likeness (QED) is 0.660. The summed E-state index contributed by atoms with van der Waals surface area (Å²) >= 11 is 0. The van der Waals surface area contributed by atoms with Crippen molar-refractivity contribution >= 4 is 11.6 Å². The molecule has 0 saturated carbocycles. The number of halogens is 1. The molecule has 0 spiro atoms. The van der Waals surface area contributed by atoms with Crippen molar-refractivity contribution in [2.75, 3.05) is 6.61 Å². The van der Waals surface area contributed by atoms with Gasteiger partial charge in [-0.05, 0) is 36.8 Å². The van der Waals surface area contributed by atoms with E-state index in [0.29, 0.717) is 23.6 Å². The number of carbonyl (C=O) groups is 1. The summed E-state index contributed by atoms with van der Waals surface area (Å²) in [5.74, 6) is -0.0370. The van der Waals surface area contributed by atoms with Crippen LogP contribution < -0.4 is 14.9 Å². The first-order chi connectivity index (χ1) is 12.1. The van der Waals surface area contributed by atoms with Crippen LogP contribution in [0.5, 0.6) is 17.2 Å². The third kappa shape index (κ3) is 3.71. The van der Waals surface area contributed by atoms with Crippen LogP contribution in [0.15, 0.2) is 47.6 Å². The molecule has 0 saturated heterocycles. The van der Waals surface area contributed by atoms with Gasteiger partial charge >= 0.3 is 0 Å². The van der Waals surface area contributed by atoms with Crippen molar-refractivity contribution in [3.05, 3.63) is 53.8 Å². The molecule has 1 aliphatic rings. The number of fused-ring (bicyclic) bond motifs is 1. The van der Waals surface area contributed by atoms with E-state index in [0.717, 1.165) is 6.07 Å². The molecule has 1 unspecified atom stereocenters. The Morgan fingerprint density at radius 2 is 2.08 bits per heavy atom. The zero-order chi connectivity index (χ0) is 17.8. The molecule has 1 heterocycles. The van der Waals surface area contributed by atoms with Gasteiger partial charge < -0.3 is 14.6 Å². The Hall–Kier alpha value is -3.09. The monoisotopic (exact) mass is 344 g/mol. The summed E-state index contributed by atoms with van der Waals surface area (Å²) in [5.41, 5.74) is 2.97. The van der Waals surface area contributed by atoms with E-state index >= 15 is 0 Å². The molecule has 3 rings (SSSR count). The summed E-state index contributed by atoms with van der Waals surface area (Å²) in [6.07, 6.45) is -0.458. The molecule has 1 aliphatic heterocycles. The number of aromatic hydroxyl groups is 1. The van der Waals surface area contributed by atoms with E-state index in [4.69, 9.17) is 9.47 Å². The van der Waals surface area contributed by atoms with Crippen molar-refractivity contribution in [2.45, 2.75) is 19.4 Å². The first kappa shape index (κ1) is 16.8. The van der Waals surface area contributed by atoms with Gasteiger partial charge in [0.1, 0.15) is 18.2 Å². The van der Waals surface area contributed by atoms with E-state index in [2.05, 4.69) is 10.5 Å². The number of phenolic OH excluding ortho intramolecular Hbond substituents is 1. The number of hydrogen-bond acceptors (Lipinski definition) is 5. The van der Waals surface area contributed by atoms with Gasteiger partial charge in [-0.3, -0.25) is 4.79 Å². The number of rotatable bonds is 4. The summed E-state index contributed by atoms with van der Waals surface area (Å²) in [4.78, 5) is 12.3. The lowest BCUT2D eigenvalue weighted by molar-refractivity contribution is -0.130. The lowest BCUT2D eigenvalue weighted by Gasteiger charge is -2.24. The number of hydrazone groups is 1. The summed E-state index contributed by atoms with van der Waals surface area (Å²) in [6.45, 7) is 1.84. The first-order valence-electron chi connectivity index (χ1n) is 7.82. The molecule has 0 aromatic heterocycles. The van der Waals surface area contributed by atoms with Gasteiger partial charge in [0.15, 0.2) is 11.5 Å². The highest BCUT2D eigenvalue weighted by molar-refractivity contribution is 6.03. The zero-order valence-electron chi connectivity index (χ0n) is 13.5. The number of nitrogens with zero attached hydrogens (tertiary/aromatic N) is 1. The average Bonchev–Trinajstić information content (AvgIpc) is 2.64. The minimum atomic E-state index is -0.849. The van der Waals surface area contributed by atoms with Crippen LogP contribution in [-0.4, -0.2) is 29.4 Å².